The van der Waals surface area contributed by atoms with E-state index in [9.17, 15) is 4.79 Å². The van der Waals surface area contributed by atoms with Gasteiger partial charge in [0.15, 0.2) is 0 Å². The Balaban J connectivity index is 2.07. The third-order valence-electron chi connectivity index (χ3n) is 1.98. The zero-order chi connectivity index (χ0) is 9.52. The molecule has 1 N–H and O–H groups in total. The van der Waals surface area contributed by atoms with Crippen molar-refractivity contribution in [1.82, 2.24) is 4.90 Å². The summed E-state index contributed by atoms with van der Waals surface area (Å²) in [6.45, 7) is 4.43. The molecule has 0 aromatic carbocycles. The van der Waals surface area contributed by atoms with Crippen molar-refractivity contribution in [3.05, 3.63) is 12.2 Å². The van der Waals surface area contributed by atoms with Crippen LogP contribution in [-0.2, 0) is 9.53 Å². The molecule has 0 unspecified atom stereocenters. The van der Waals surface area contributed by atoms with Crippen LogP contribution in [0.5, 0.6) is 0 Å². The van der Waals surface area contributed by atoms with Gasteiger partial charge in [0.25, 0.3) is 0 Å². The summed E-state index contributed by atoms with van der Waals surface area (Å²) in [5, 5.41) is 8.33. The number of rotatable bonds is 4. The van der Waals surface area contributed by atoms with E-state index in [1.54, 1.807) is 6.08 Å². The van der Waals surface area contributed by atoms with Crippen LogP contribution in [0.1, 0.15) is 6.42 Å². The molecule has 1 aliphatic rings. The maximum Gasteiger partial charge on any atom is 0.327 e. The molecule has 0 aromatic rings. The highest BCUT2D eigenvalue weighted by atomic mass is 16.5. The fourth-order valence-corrected chi connectivity index (χ4v) is 1.27. The van der Waals surface area contributed by atoms with E-state index in [1.807, 2.05) is 0 Å². The summed E-state index contributed by atoms with van der Waals surface area (Å²) < 4.78 is 5.19. The first-order valence-corrected chi connectivity index (χ1v) is 4.48. The molecule has 1 aliphatic heterocycles. The van der Waals surface area contributed by atoms with Crippen molar-refractivity contribution in [3.63, 3.8) is 0 Å². The van der Waals surface area contributed by atoms with Gasteiger partial charge in [-0.15, -0.1) is 0 Å². The molecule has 0 bridgehead atoms. The Morgan fingerprint density at radius 1 is 1.46 bits per heavy atom. The van der Waals surface area contributed by atoms with Gasteiger partial charge in [0.1, 0.15) is 0 Å². The minimum absolute atomic E-state index is 0.794. The van der Waals surface area contributed by atoms with Crippen molar-refractivity contribution in [2.75, 3.05) is 32.8 Å². The molecule has 0 amide bonds. The molecule has 0 atom stereocenters. The number of carboxylic acid groups (broad SMARTS) is 1. The molecule has 1 saturated heterocycles. The molecule has 1 rings (SSSR count). The molecular formula is C9H15NO3. The molecule has 4 nitrogen and oxygen atoms in total. The van der Waals surface area contributed by atoms with Crippen molar-refractivity contribution in [3.8, 4) is 0 Å². The third-order valence-corrected chi connectivity index (χ3v) is 1.98. The van der Waals surface area contributed by atoms with E-state index in [1.165, 1.54) is 6.08 Å². The standard InChI is InChI=1S/C9H15NO3/c11-9(12)3-1-2-4-10-5-7-13-8-6-10/h1,3H,2,4-8H2,(H,11,12)/b3-1+. The smallest absolute Gasteiger partial charge is 0.327 e. The summed E-state index contributed by atoms with van der Waals surface area (Å²) in [5.74, 6) is -0.873. The van der Waals surface area contributed by atoms with Crippen LogP contribution in [0.2, 0.25) is 0 Å². The number of morpholine rings is 1. The monoisotopic (exact) mass is 185 g/mol. The molecule has 0 radical (unpaired) electrons. The zero-order valence-corrected chi connectivity index (χ0v) is 7.61. The highest BCUT2D eigenvalue weighted by Gasteiger charge is 2.08. The number of carbonyl (C=O) groups is 1. The zero-order valence-electron chi connectivity index (χ0n) is 7.61. The highest BCUT2D eigenvalue weighted by molar-refractivity contribution is 5.79. The number of nitrogens with zero attached hydrogens (tertiary/aromatic N) is 1. The molecule has 74 valence electrons. The Morgan fingerprint density at radius 3 is 2.77 bits per heavy atom. The molecule has 0 spiro atoms. The first kappa shape index (κ1) is 10.2. The molecule has 1 heterocycles. The average Bonchev–Trinajstić information content (AvgIpc) is 2.14. The van der Waals surface area contributed by atoms with Crippen molar-refractivity contribution in [2.45, 2.75) is 6.42 Å². The van der Waals surface area contributed by atoms with E-state index in [4.69, 9.17) is 9.84 Å². The Hall–Kier alpha value is -0.870. The molecule has 4 heteroatoms. The largest absolute Gasteiger partial charge is 0.478 e. The number of hydrogen-bond acceptors (Lipinski definition) is 3. The molecule has 1 fully saturated rings. The first-order valence-electron chi connectivity index (χ1n) is 4.48. The summed E-state index contributed by atoms with van der Waals surface area (Å²) in [4.78, 5) is 12.4. The molecule has 0 aliphatic carbocycles. The van der Waals surface area contributed by atoms with Crippen LogP contribution in [0.3, 0.4) is 0 Å². The maximum atomic E-state index is 10.1. The Labute approximate surface area is 77.8 Å². The van der Waals surface area contributed by atoms with E-state index < -0.39 is 5.97 Å². The minimum Gasteiger partial charge on any atom is -0.478 e. The van der Waals surface area contributed by atoms with E-state index in [0.717, 1.165) is 39.3 Å². The molecule has 0 saturated carbocycles. The van der Waals surface area contributed by atoms with Crippen molar-refractivity contribution in [2.24, 2.45) is 0 Å². The number of ether oxygens (including phenoxy) is 1. The van der Waals surface area contributed by atoms with Gasteiger partial charge in [-0.2, -0.15) is 0 Å². The second kappa shape index (κ2) is 5.72. The van der Waals surface area contributed by atoms with Gasteiger partial charge in [0.2, 0.25) is 0 Å². The van der Waals surface area contributed by atoms with Gasteiger partial charge in [-0.1, -0.05) is 6.08 Å². The average molecular weight is 185 g/mol. The molecular weight excluding hydrogens is 170 g/mol. The quantitative estimate of drug-likeness (QED) is 0.642. The summed E-state index contributed by atoms with van der Waals surface area (Å²) in [6.07, 6.45) is 3.69. The fraction of sp³-hybridized carbons (Fsp3) is 0.667. The van der Waals surface area contributed by atoms with E-state index in [-0.39, 0.29) is 0 Å². The van der Waals surface area contributed by atoms with Gasteiger partial charge >= 0.3 is 5.97 Å². The van der Waals surface area contributed by atoms with Gasteiger partial charge in [0, 0.05) is 25.7 Å². The fourth-order valence-electron chi connectivity index (χ4n) is 1.27. The van der Waals surface area contributed by atoms with Gasteiger partial charge in [-0.25, -0.2) is 4.79 Å². The summed E-state index contributed by atoms with van der Waals surface area (Å²) in [6, 6.07) is 0. The van der Waals surface area contributed by atoms with Crippen LogP contribution in [0.15, 0.2) is 12.2 Å². The maximum absolute atomic E-state index is 10.1. The van der Waals surface area contributed by atoms with E-state index in [0.29, 0.717) is 0 Å². The first-order chi connectivity index (χ1) is 6.29. The second-order valence-electron chi connectivity index (χ2n) is 2.98. The van der Waals surface area contributed by atoms with Crippen LogP contribution in [0.25, 0.3) is 0 Å². The Morgan fingerprint density at radius 2 is 2.15 bits per heavy atom. The molecule has 13 heavy (non-hydrogen) atoms. The lowest BCUT2D eigenvalue weighted by molar-refractivity contribution is -0.131. The van der Waals surface area contributed by atoms with Gasteiger partial charge in [-0.3, -0.25) is 4.90 Å². The number of hydrogen-bond donors (Lipinski definition) is 1. The summed E-state index contributed by atoms with van der Waals surface area (Å²) in [7, 11) is 0. The lowest BCUT2D eigenvalue weighted by Crippen LogP contribution is -2.36. The van der Waals surface area contributed by atoms with Crippen molar-refractivity contribution >= 4 is 5.97 Å². The lowest BCUT2D eigenvalue weighted by atomic mass is 10.3. The van der Waals surface area contributed by atoms with Crippen LogP contribution in [-0.4, -0.2) is 48.8 Å². The normalized spacial score (nSPS) is 19.4. The van der Waals surface area contributed by atoms with Crippen LogP contribution >= 0.6 is 0 Å². The van der Waals surface area contributed by atoms with E-state index in [2.05, 4.69) is 4.90 Å². The van der Waals surface area contributed by atoms with Gasteiger partial charge in [-0.05, 0) is 6.42 Å². The van der Waals surface area contributed by atoms with Crippen LogP contribution in [0.4, 0.5) is 0 Å². The number of aliphatic carboxylic acids is 1. The van der Waals surface area contributed by atoms with Crippen molar-refractivity contribution in [1.29, 1.82) is 0 Å². The summed E-state index contributed by atoms with van der Waals surface area (Å²) >= 11 is 0. The highest BCUT2D eigenvalue weighted by Crippen LogP contribution is 1.98. The topological polar surface area (TPSA) is 49.8 Å². The van der Waals surface area contributed by atoms with Gasteiger partial charge in [0.05, 0.1) is 13.2 Å². The SMILES string of the molecule is O=C(O)/C=C/CCN1CCOCC1. The van der Waals surface area contributed by atoms with E-state index >= 15 is 0 Å². The second-order valence-corrected chi connectivity index (χ2v) is 2.98. The number of carboxylic acids is 1. The Kier molecular flexibility index (Phi) is 4.49. The lowest BCUT2D eigenvalue weighted by Gasteiger charge is -2.25. The predicted octanol–water partition coefficient (Wildman–Crippen LogP) is 0.350. The predicted molar refractivity (Wildman–Crippen MR) is 48.7 cm³/mol. The molecule has 0 aromatic heterocycles. The minimum atomic E-state index is -0.873. The third kappa shape index (κ3) is 4.65. The Bertz CT molecular complexity index is 185. The van der Waals surface area contributed by atoms with Crippen LogP contribution < -0.4 is 0 Å². The van der Waals surface area contributed by atoms with Gasteiger partial charge < -0.3 is 9.84 Å². The van der Waals surface area contributed by atoms with Crippen molar-refractivity contribution < 1.29 is 14.6 Å². The van der Waals surface area contributed by atoms with Crippen LogP contribution in [0, 0.1) is 0 Å². The summed E-state index contributed by atoms with van der Waals surface area (Å²) in [5.41, 5.74) is 0.